The molecule has 0 aliphatic carbocycles. The van der Waals surface area contributed by atoms with Crippen molar-refractivity contribution in [3.05, 3.63) is 0 Å². The second-order valence-electron chi connectivity index (χ2n) is 2.98. The molecule has 0 atom stereocenters. The number of carboxylic acids is 1. The Labute approximate surface area is 66.0 Å². The van der Waals surface area contributed by atoms with E-state index in [4.69, 9.17) is 5.11 Å². The molecule has 0 saturated carbocycles. The molecule has 4 nitrogen and oxygen atoms in total. The summed E-state index contributed by atoms with van der Waals surface area (Å²) in [4.78, 5) is 10.4. The normalized spacial score (nSPS) is 20.8. The highest BCUT2D eigenvalue weighted by Crippen LogP contribution is 2.15. The predicted octanol–water partition coefficient (Wildman–Crippen LogP) is -0.587. The molecule has 0 spiro atoms. The summed E-state index contributed by atoms with van der Waals surface area (Å²) in [5.74, 6) is -0.729. The molecule has 0 aromatic rings. The van der Waals surface area contributed by atoms with Gasteiger partial charge >= 0.3 is 5.97 Å². The summed E-state index contributed by atoms with van der Waals surface area (Å²) in [5.41, 5.74) is -0.166. The van der Waals surface area contributed by atoms with Crippen LogP contribution in [0.5, 0.6) is 0 Å². The molecule has 3 N–H and O–H groups in total. The molecule has 0 bridgehead atoms. The Morgan fingerprint density at radius 3 is 2.64 bits per heavy atom. The molecule has 1 rings (SSSR count). The first kappa shape index (κ1) is 8.49. The zero-order valence-corrected chi connectivity index (χ0v) is 6.68. The van der Waals surface area contributed by atoms with Gasteiger partial charge in [0.15, 0.2) is 0 Å². The first-order valence-corrected chi connectivity index (χ1v) is 3.86. The van der Waals surface area contributed by atoms with Crippen molar-refractivity contribution in [2.45, 2.75) is 18.9 Å². The maximum absolute atomic E-state index is 10.4. The number of rotatable bonds is 4. The zero-order valence-electron chi connectivity index (χ0n) is 6.68. The van der Waals surface area contributed by atoms with E-state index in [2.05, 4.69) is 10.6 Å². The molecule has 1 heterocycles. The second kappa shape index (κ2) is 3.19. The van der Waals surface area contributed by atoms with Crippen LogP contribution in [0, 0.1) is 0 Å². The fraction of sp³-hybridized carbons (Fsp3) is 0.857. The first-order valence-electron chi connectivity index (χ1n) is 3.86. The topological polar surface area (TPSA) is 61.4 Å². The Kier molecular flexibility index (Phi) is 2.46. The molecule has 1 aliphatic rings. The van der Waals surface area contributed by atoms with Crippen LogP contribution >= 0.6 is 0 Å². The summed E-state index contributed by atoms with van der Waals surface area (Å²) < 4.78 is 0. The highest BCUT2D eigenvalue weighted by molar-refractivity contribution is 5.68. The SMILES string of the molecule is CCNC1(CC(=O)O)CNC1. The third-order valence-corrected chi connectivity index (χ3v) is 1.97. The molecule has 0 aromatic heterocycles. The molecule has 0 amide bonds. The van der Waals surface area contributed by atoms with Gasteiger partial charge in [-0.25, -0.2) is 0 Å². The molecule has 64 valence electrons. The van der Waals surface area contributed by atoms with Crippen LogP contribution in [0.25, 0.3) is 0 Å². The highest BCUT2D eigenvalue weighted by atomic mass is 16.4. The van der Waals surface area contributed by atoms with Gasteiger partial charge in [-0.2, -0.15) is 0 Å². The summed E-state index contributed by atoms with van der Waals surface area (Å²) in [6, 6.07) is 0. The summed E-state index contributed by atoms with van der Waals surface area (Å²) in [5, 5.41) is 14.8. The van der Waals surface area contributed by atoms with Gasteiger partial charge in [-0.3, -0.25) is 4.79 Å². The Morgan fingerprint density at radius 2 is 2.36 bits per heavy atom. The summed E-state index contributed by atoms with van der Waals surface area (Å²) in [6.07, 6.45) is 0.216. The molecule has 0 unspecified atom stereocenters. The minimum atomic E-state index is -0.729. The van der Waals surface area contributed by atoms with E-state index in [1.165, 1.54) is 0 Å². The van der Waals surface area contributed by atoms with Crippen molar-refractivity contribution in [3.8, 4) is 0 Å². The van der Waals surface area contributed by atoms with E-state index in [0.29, 0.717) is 0 Å². The quantitative estimate of drug-likeness (QED) is 0.512. The van der Waals surface area contributed by atoms with Crippen molar-refractivity contribution < 1.29 is 9.90 Å². The Hall–Kier alpha value is -0.610. The van der Waals surface area contributed by atoms with Gasteiger partial charge in [0, 0.05) is 13.1 Å². The lowest BCUT2D eigenvalue weighted by Gasteiger charge is -2.42. The van der Waals surface area contributed by atoms with E-state index in [9.17, 15) is 4.79 Å². The minimum absolute atomic E-state index is 0.166. The lowest BCUT2D eigenvalue weighted by Crippen LogP contribution is -2.68. The van der Waals surface area contributed by atoms with Crippen LogP contribution in [0.3, 0.4) is 0 Å². The molecule has 1 saturated heterocycles. The Bertz CT molecular complexity index is 155. The van der Waals surface area contributed by atoms with Crippen molar-refractivity contribution in [1.29, 1.82) is 0 Å². The molecule has 0 radical (unpaired) electrons. The predicted molar refractivity (Wildman–Crippen MR) is 41.5 cm³/mol. The van der Waals surface area contributed by atoms with Crippen molar-refractivity contribution in [2.75, 3.05) is 19.6 Å². The van der Waals surface area contributed by atoms with Crippen molar-refractivity contribution >= 4 is 5.97 Å². The smallest absolute Gasteiger partial charge is 0.305 e. The van der Waals surface area contributed by atoms with E-state index in [0.717, 1.165) is 19.6 Å². The fourth-order valence-electron chi connectivity index (χ4n) is 1.40. The second-order valence-corrected chi connectivity index (χ2v) is 2.98. The summed E-state index contributed by atoms with van der Waals surface area (Å²) >= 11 is 0. The van der Waals surface area contributed by atoms with Crippen LogP contribution in [-0.4, -0.2) is 36.2 Å². The number of hydrogen-bond acceptors (Lipinski definition) is 3. The average molecular weight is 158 g/mol. The third kappa shape index (κ3) is 1.91. The fourth-order valence-corrected chi connectivity index (χ4v) is 1.40. The Balaban J connectivity index is 2.39. The van der Waals surface area contributed by atoms with Crippen LogP contribution in [0.1, 0.15) is 13.3 Å². The first-order chi connectivity index (χ1) is 5.18. The van der Waals surface area contributed by atoms with Crippen molar-refractivity contribution in [1.82, 2.24) is 10.6 Å². The van der Waals surface area contributed by atoms with Crippen LogP contribution in [0.4, 0.5) is 0 Å². The number of carbonyl (C=O) groups is 1. The maximum atomic E-state index is 10.4. The third-order valence-electron chi connectivity index (χ3n) is 1.97. The molecular formula is C7H14N2O2. The van der Waals surface area contributed by atoms with E-state index < -0.39 is 5.97 Å². The lowest BCUT2D eigenvalue weighted by atomic mass is 9.88. The minimum Gasteiger partial charge on any atom is -0.481 e. The van der Waals surface area contributed by atoms with Gasteiger partial charge in [0.25, 0.3) is 0 Å². The summed E-state index contributed by atoms with van der Waals surface area (Å²) in [7, 11) is 0. The van der Waals surface area contributed by atoms with E-state index in [1.807, 2.05) is 6.92 Å². The molecule has 1 fully saturated rings. The van der Waals surface area contributed by atoms with Gasteiger partial charge in [0.1, 0.15) is 0 Å². The van der Waals surface area contributed by atoms with Gasteiger partial charge in [0.2, 0.25) is 0 Å². The highest BCUT2D eigenvalue weighted by Gasteiger charge is 2.37. The van der Waals surface area contributed by atoms with Crippen LogP contribution in [0.15, 0.2) is 0 Å². The van der Waals surface area contributed by atoms with Gasteiger partial charge in [-0.05, 0) is 6.54 Å². The number of carboxylic acid groups (broad SMARTS) is 1. The standard InChI is InChI=1S/C7H14N2O2/c1-2-9-7(3-6(10)11)4-8-5-7/h8-9H,2-5H2,1H3,(H,10,11). The lowest BCUT2D eigenvalue weighted by molar-refractivity contribution is -0.139. The molecule has 0 aromatic carbocycles. The molecule has 11 heavy (non-hydrogen) atoms. The summed E-state index contributed by atoms with van der Waals surface area (Å²) in [6.45, 7) is 4.36. The average Bonchev–Trinajstić information content (AvgIpc) is 1.82. The molecule has 4 heteroatoms. The van der Waals surface area contributed by atoms with Crippen molar-refractivity contribution in [3.63, 3.8) is 0 Å². The van der Waals surface area contributed by atoms with E-state index >= 15 is 0 Å². The molecular weight excluding hydrogens is 144 g/mol. The molecule has 1 aliphatic heterocycles. The maximum Gasteiger partial charge on any atom is 0.305 e. The van der Waals surface area contributed by atoms with Gasteiger partial charge < -0.3 is 15.7 Å². The van der Waals surface area contributed by atoms with Gasteiger partial charge in [-0.1, -0.05) is 6.92 Å². The van der Waals surface area contributed by atoms with Crippen LogP contribution < -0.4 is 10.6 Å². The van der Waals surface area contributed by atoms with E-state index in [-0.39, 0.29) is 12.0 Å². The largest absolute Gasteiger partial charge is 0.481 e. The van der Waals surface area contributed by atoms with E-state index in [1.54, 1.807) is 0 Å². The number of aliphatic carboxylic acids is 1. The number of nitrogens with one attached hydrogen (secondary N) is 2. The van der Waals surface area contributed by atoms with Crippen molar-refractivity contribution in [2.24, 2.45) is 0 Å². The Morgan fingerprint density at radius 1 is 1.73 bits per heavy atom. The van der Waals surface area contributed by atoms with Gasteiger partial charge in [0.05, 0.1) is 12.0 Å². The zero-order chi connectivity index (χ0) is 8.32. The van der Waals surface area contributed by atoms with Crippen LogP contribution in [0.2, 0.25) is 0 Å². The number of hydrogen-bond donors (Lipinski definition) is 3. The van der Waals surface area contributed by atoms with Gasteiger partial charge in [-0.15, -0.1) is 0 Å². The monoisotopic (exact) mass is 158 g/mol. The van der Waals surface area contributed by atoms with Crippen LogP contribution in [-0.2, 0) is 4.79 Å². The number of likely N-dealkylation sites (N-methyl/N-ethyl adjacent to an activating group) is 1.